The summed E-state index contributed by atoms with van der Waals surface area (Å²) in [5.41, 5.74) is 11.5. The van der Waals surface area contributed by atoms with E-state index in [0.29, 0.717) is 65.8 Å². The minimum absolute atomic E-state index is 0.131. The van der Waals surface area contributed by atoms with Gasteiger partial charge in [-0.25, -0.2) is 0 Å². The second-order valence-electron chi connectivity index (χ2n) is 11.2. The zero-order chi connectivity index (χ0) is 33.2. The fraction of sp³-hybridized carbons (Fsp3) is 0.306. The number of carboxylic acids is 1. The Morgan fingerprint density at radius 1 is 1.04 bits per heavy atom. The predicted molar refractivity (Wildman–Crippen MR) is 178 cm³/mol. The van der Waals surface area contributed by atoms with E-state index in [0.717, 1.165) is 40.2 Å². The van der Waals surface area contributed by atoms with Crippen LogP contribution in [0.3, 0.4) is 0 Å². The molecule has 1 aliphatic heterocycles. The van der Waals surface area contributed by atoms with E-state index < -0.39 is 12.0 Å². The summed E-state index contributed by atoms with van der Waals surface area (Å²) in [5.74, 6) is 1.40. The SMILES string of the molecule is Cc1c(COc2cc(OCc3cncc(C#N)c3)c(CNC(CCCCN)C(=O)O)cc2Cl)cccc1-c1ccc2c(c1)OCCO2. The van der Waals surface area contributed by atoms with Gasteiger partial charge in [0.1, 0.15) is 50.0 Å². The van der Waals surface area contributed by atoms with Gasteiger partial charge >= 0.3 is 5.97 Å². The van der Waals surface area contributed by atoms with Crippen molar-refractivity contribution in [2.75, 3.05) is 19.8 Å². The first-order chi connectivity index (χ1) is 22.9. The van der Waals surface area contributed by atoms with Gasteiger partial charge in [-0.3, -0.25) is 9.78 Å². The molecule has 244 valence electrons. The van der Waals surface area contributed by atoms with Gasteiger partial charge in [-0.15, -0.1) is 0 Å². The van der Waals surface area contributed by atoms with Crippen molar-refractivity contribution in [1.82, 2.24) is 10.3 Å². The summed E-state index contributed by atoms with van der Waals surface area (Å²) in [4.78, 5) is 16.0. The Hall–Kier alpha value is -4.82. The molecule has 10 nitrogen and oxygen atoms in total. The third kappa shape index (κ3) is 8.71. The van der Waals surface area contributed by atoms with E-state index in [1.165, 1.54) is 6.20 Å². The Labute approximate surface area is 279 Å². The third-order valence-corrected chi connectivity index (χ3v) is 8.19. The van der Waals surface area contributed by atoms with Crippen molar-refractivity contribution < 1.29 is 28.8 Å². The fourth-order valence-corrected chi connectivity index (χ4v) is 5.55. The molecule has 2 heterocycles. The van der Waals surface area contributed by atoms with Crippen molar-refractivity contribution in [2.45, 2.75) is 52.0 Å². The number of halogens is 1. The predicted octanol–water partition coefficient (Wildman–Crippen LogP) is 6.18. The molecule has 0 amide bonds. The normalized spacial score (nSPS) is 12.6. The van der Waals surface area contributed by atoms with E-state index in [-0.39, 0.29) is 19.8 Å². The van der Waals surface area contributed by atoms with Crippen LogP contribution in [0.25, 0.3) is 11.1 Å². The molecule has 0 spiro atoms. The minimum Gasteiger partial charge on any atom is -0.488 e. The van der Waals surface area contributed by atoms with Crippen LogP contribution in [-0.2, 0) is 24.6 Å². The molecule has 0 saturated carbocycles. The quantitative estimate of drug-likeness (QED) is 0.127. The van der Waals surface area contributed by atoms with Crippen LogP contribution in [0, 0.1) is 18.3 Å². The highest BCUT2D eigenvalue weighted by atomic mass is 35.5. The Morgan fingerprint density at radius 2 is 1.85 bits per heavy atom. The molecular formula is C36H37ClN4O6. The fourth-order valence-electron chi connectivity index (χ4n) is 5.31. The number of aliphatic carboxylic acids is 1. The Bertz CT molecular complexity index is 1760. The number of ether oxygens (including phenoxy) is 4. The number of nitrogens with one attached hydrogen (secondary N) is 1. The molecule has 4 N–H and O–H groups in total. The number of aromatic nitrogens is 1. The molecule has 1 aromatic heterocycles. The highest BCUT2D eigenvalue weighted by Crippen LogP contribution is 2.37. The Kier molecular flexibility index (Phi) is 11.5. The molecule has 0 saturated heterocycles. The van der Waals surface area contributed by atoms with Crippen molar-refractivity contribution in [1.29, 1.82) is 5.26 Å². The molecule has 0 aliphatic carbocycles. The summed E-state index contributed by atoms with van der Waals surface area (Å²) in [6, 6.07) is 18.4. The lowest BCUT2D eigenvalue weighted by Gasteiger charge is -2.20. The number of nitriles is 1. The van der Waals surface area contributed by atoms with E-state index in [1.807, 2.05) is 37.3 Å². The van der Waals surface area contributed by atoms with Crippen molar-refractivity contribution in [2.24, 2.45) is 5.73 Å². The number of fused-ring (bicyclic) bond motifs is 1. The summed E-state index contributed by atoms with van der Waals surface area (Å²) in [6.07, 6.45) is 4.98. The van der Waals surface area contributed by atoms with E-state index in [1.54, 1.807) is 24.4 Å². The maximum atomic E-state index is 11.9. The lowest BCUT2D eigenvalue weighted by atomic mass is 9.96. The number of pyridine rings is 1. The smallest absolute Gasteiger partial charge is 0.320 e. The molecule has 11 heteroatoms. The first-order valence-corrected chi connectivity index (χ1v) is 15.8. The monoisotopic (exact) mass is 656 g/mol. The standard InChI is InChI=1S/C36H37ClN4O6/c1-23-27(5-4-6-29(23)26-8-9-32-35(15-26)45-12-11-44-32)22-47-34-16-33(46-21-25-13-24(17-39)18-40-19-25)28(14-30(34)37)20-41-31(36(42)43)7-2-3-10-38/h4-6,8-9,13-16,18-19,31,41H,2-3,7,10-12,20-22,38H2,1H3,(H,42,43). The topological polar surface area (TPSA) is 149 Å². The molecule has 0 radical (unpaired) electrons. The molecule has 1 unspecified atom stereocenters. The Balaban J connectivity index is 1.36. The van der Waals surface area contributed by atoms with Gasteiger partial charge in [0, 0.05) is 36.1 Å². The first kappa shape index (κ1) is 33.5. The van der Waals surface area contributed by atoms with Gasteiger partial charge in [0.05, 0.1) is 10.6 Å². The van der Waals surface area contributed by atoms with Crippen LogP contribution in [0.4, 0.5) is 0 Å². The summed E-state index contributed by atoms with van der Waals surface area (Å²) >= 11 is 6.73. The molecule has 47 heavy (non-hydrogen) atoms. The van der Waals surface area contributed by atoms with Crippen LogP contribution < -0.4 is 30.0 Å². The van der Waals surface area contributed by atoms with Gasteiger partial charge in [-0.1, -0.05) is 42.3 Å². The van der Waals surface area contributed by atoms with E-state index >= 15 is 0 Å². The minimum atomic E-state index is -0.941. The molecule has 1 atom stereocenters. The Morgan fingerprint density at radius 3 is 2.64 bits per heavy atom. The van der Waals surface area contributed by atoms with E-state index in [2.05, 4.69) is 22.4 Å². The second-order valence-corrected chi connectivity index (χ2v) is 11.6. The van der Waals surface area contributed by atoms with Crippen molar-refractivity contribution in [3.05, 3.63) is 99.8 Å². The van der Waals surface area contributed by atoms with Gasteiger partial charge in [-0.05, 0) is 72.8 Å². The van der Waals surface area contributed by atoms with Crippen LogP contribution in [0.1, 0.15) is 47.1 Å². The van der Waals surface area contributed by atoms with Crippen LogP contribution in [0.15, 0.2) is 67.0 Å². The lowest BCUT2D eigenvalue weighted by molar-refractivity contribution is -0.139. The van der Waals surface area contributed by atoms with Crippen LogP contribution in [-0.4, -0.2) is 41.9 Å². The molecular weight excluding hydrogens is 620 g/mol. The summed E-state index contributed by atoms with van der Waals surface area (Å²) in [5, 5.41) is 22.5. The number of nitrogens with two attached hydrogens (primary N) is 1. The molecule has 4 aromatic rings. The highest BCUT2D eigenvalue weighted by molar-refractivity contribution is 6.32. The largest absolute Gasteiger partial charge is 0.488 e. The van der Waals surface area contributed by atoms with Crippen molar-refractivity contribution in [3.63, 3.8) is 0 Å². The van der Waals surface area contributed by atoms with Gasteiger partial charge in [0.15, 0.2) is 11.5 Å². The number of unbranched alkanes of at least 4 members (excludes halogenated alkanes) is 1. The van der Waals surface area contributed by atoms with Crippen LogP contribution in [0.5, 0.6) is 23.0 Å². The van der Waals surface area contributed by atoms with Crippen molar-refractivity contribution >= 4 is 17.6 Å². The van der Waals surface area contributed by atoms with Gasteiger partial charge in [0.25, 0.3) is 0 Å². The maximum absolute atomic E-state index is 11.9. The summed E-state index contributed by atoms with van der Waals surface area (Å²) in [7, 11) is 0. The molecule has 1 aliphatic rings. The molecule has 5 rings (SSSR count). The molecule has 3 aromatic carbocycles. The lowest BCUT2D eigenvalue weighted by Crippen LogP contribution is -2.36. The zero-order valence-corrected chi connectivity index (χ0v) is 26.9. The number of benzene rings is 3. The van der Waals surface area contributed by atoms with Gasteiger partial charge in [-0.2, -0.15) is 5.26 Å². The number of carboxylic acid groups (broad SMARTS) is 1. The van der Waals surface area contributed by atoms with Crippen molar-refractivity contribution in [3.8, 4) is 40.2 Å². The number of hydrogen-bond donors (Lipinski definition) is 3. The maximum Gasteiger partial charge on any atom is 0.320 e. The van der Waals surface area contributed by atoms with Crippen LogP contribution >= 0.6 is 11.6 Å². The number of hydrogen-bond acceptors (Lipinski definition) is 9. The van der Waals surface area contributed by atoms with E-state index in [9.17, 15) is 15.2 Å². The highest BCUT2D eigenvalue weighted by Gasteiger charge is 2.19. The van der Waals surface area contributed by atoms with Crippen LogP contribution in [0.2, 0.25) is 5.02 Å². The molecule has 0 bridgehead atoms. The van der Waals surface area contributed by atoms with E-state index in [4.69, 9.17) is 36.3 Å². The number of carbonyl (C=O) groups is 1. The summed E-state index contributed by atoms with van der Waals surface area (Å²) in [6.45, 7) is 4.18. The average molecular weight is 657 g/mol. The molecule has 0 fully saturated rings. The number of nitrogens with zero attached hydrogens (tertiary/aromatic N) is 2. The van der Waals surface area contributed by atoms with Gasteiger partial charge in [0.2, 0.25) is 0 Å². The number of rotatable bonds is 15. The second kappa shape index (κ2) is 16.1. The third-order valence-electron chi connectivity index (χ3n) is 7.90. The average Bonchev–Trinajstić information content (AvgIpc) is 3.09. The summed E-state index contributed by atoms with van der Waals surface area (Å²) < 4.78 is 23.9. The zero-order valence-electron chi connectivity index (χ0n) is 26.1. The first-order valence-electron chi connectivity index (χ1n) is 15.4. The van der Waals surface area contributed by atoms with Gasteiger partial charge < -0.3 is 35.1 Å².